The molecule has 0 aliphatic rings. The molecule has 0 saturated heterocycles. The highest BCUT2D eigenvalue weighted by molar-refractivity contribution is 9.10. The molecule has 0 unspecified atom stereocenters. The number of rotatable bonds is 1. The van der Waals surface area contributed by atoms with Crippen molar-refractivity contribution in [2.45, 2.75) is 0 Å². The number of fused-ring (bicyclic) bond motifs is 1. The number of aromatic nitrogens is 3. The fourth-order valence-corrected chi connectivity index (χ4v) is 2.12. The molecule has 1 aromatic carbocycles. The molecule has 4 heteroatoms. The summed E-state index contributed by atoms with van der Waals surface area (Å²) >= 11 is 3.52. The summed E-state index contributed by atoms with van der Waals surface area (Å²) in [6.07, 6.45) is 3.66. The van der Waals surface area contributed by atoms with Gasteiger partial charge in [0.2, 0.25) is 0 Å². The highest BCUT2D eigenvalue weighted by Gasteiger charge is 2.07. The summed E-state index contributed by atoms with van der Waals surface area (Å²) < 4.78 is 2.81. The van der Waals surface area contributed by atoms with Gasteiger partial charge in [-0.3, -0.25) is 0 Å². The third-order valence-electron chi connectivity index (χ3n) is 2.39. The van der Waals surface area contributed by atoms with Gasteiger partial charge in [0.15, 0.2) is 5.65 Å². The molecule has 0 amide bonds. The largest absolute Gasteiger partial charge is 0.237 e. The van der Waals surface area contributed by atoms with Crippen molar-refractivity contribution in [2.24, 2.45) is 0 Å². The average Bonchev–Trinajstić information content (AvgIpc) is 2.73. The summed E-state index contributed by atoms with van der Waals surface area (Å²) in [5.74, 6) is 0. The zero-order chi connectivity index (χ0) is 11.0. The van der Waals surface area contributed by atoms with E-state index in [9.17, 15) is 0 Å². The van der Waals surface area contributed by atoms with Crippen molar-refractivity contribution in [1.82, 2.24) is 14.6 Å². The van der Waals surface area contributed by atoms with E-state index in [0.29, 0.717) is 0 Å². The predicted molar refractivity (Wildman–Crippen MR) is 66.1 cm³/mol. The first-order chi connectivity index (χ1) is 7.84. The Morgan fingerprint density at radius 2 is 2.00 bits per heavy atom. The Balaban J connectivity index is 2.23. The number of nitrogens with zero attached hydrogens (tertiary/aromatic N) is 3. The van der Waals surface area contributed by atoms with E-state index in [1.807, 2.05) is 42.6 Å². The van der Waals surface area contributed by atoms with Crippen molar-refractivity contribution in [2.75, 3.05) is 0 Å². The maximum atomic E-state index is 4.47. The van der Waals surface area contributed by atoms with Gasteiger partial charge in [0, 0.05) is 28.5 Å². The Labute approximate surface area is 101 Å². The van der Waals surface area contributed by atoms with E-state index in [1.165, 1.54) is 0 Å². The van der Waals surface area contributed by atoms with Crippen LogP contribution in [0.2, 0.25) is 0 Å². The van der Waals surface area contributed by atoms with Gasteiger partial charge in [-0.25, -0.2) is 9.50 Å². The van der Waals surface area contributed by atoms with E-state index < -0.39 is 0 Å². The van der Waals surface area contributed by atoms with Crippen molar-refractivity contribution in [3.63, 3.8) is 0 Å². The first-order valence-electron chi connectivity index (χ1n) is 4.90. The van der Waals surface area contributed by atoms with Gasteiger partial charge in [-0.05, 0) is 12.1 Å². The van der Waals surface area contributed by atoms with E-state index >= 15 is 0 Å². The maximum Gasteiger partial charge on any atom is 0.155 e. The quantitative estimate of drug-likeness (QED) is 0.682. The Morgan fingerprint density at radius 1 is 1.12 bits per heavy atom. The summed E-state index contributed by atoms with van der Waals surface area (Å²) in [6.45, 7) is 0. The lowest BCUT2D eigenvalue weighted by atomic mass is 10.2. The molecular formula is C12H8BrN3. The second-order valence-electron chi connectivity index (χ2n) is 3.43. The SMILES string of the molecule is Brc1ccccc1-c1cc2ncccn2n1. The van der Waals surface area contributed by atoms with Crippen molar-refractivity contribution in [1.29, 1.82) is 0 Å². The molecule has 0 saturated carbocycles. The van der Waals surface area contributed by atoms with Crippen molar-refractivity contribution in [3.8, 4) is 11.3 Å². The first kappa shape index (κ1) is 9.54. The van der Waals surface area contributed by atoms with E-state index in [-0.39, 0.29) is 0 Å². The van der Waals surface area contributed by atoms with Crippen LogP contribution in [0.3, 0.4) is 0 Å². The van der Waals surface area contributed by atoms with Crippen LogP contribution in [0.25, 0.3) is 16.9 Å². The number of halogens is 1. The Kier molecular flexibility index (Phi) is 2.22. The molecule has 0 bridgehead atoms. The lowest BCUT2D eigenvalue weighted by molar-refractivity contribution is 0.943. The van der Waals surface area contributed by atoms with Crippen LogP contribution in [0.15, 0.2) is 53.3 Å². The number of hydrogen-bond donors (Lipinski definition) is 0. The predicted octanol–water partition coefficient (Wildman–Crippen LogP) is 3.16. The van der Waals surface area contributed by atoms with Crippen molar-refractivity contribution >= 4 is 21.6 Å². The standard InChI is InChI=1S/C12H8BrN3/c13-10-5-2-1-4-9(10)11-8-12-14-6-3-7-16(12)15-11/h1-8H. The van der Waals surface area contributed by atoms with E-state index in [1.54, 1.807) is 10.7 Å². The van der Waals surface area contributed by atoms with E-state index in [2.05, 4.69) is 26.0 Å². The minimum Gasteiger partial charge on any atom is -0.237 e. The van der Waals surface area contributed by atoms with Crippen LogP contribution in [0.1, 0.15) is 0 Å². The third kappa shape index (κ3) is 1.51. The summed E-state index contributed by atoms with van der Waals surface area (Å²) in [5.41, 5.74) is 2.85. The number of benzene rings is 1. The molecule has 0 atom stereocenters. The van der Waals surface area contributed by atoms with Gasteiger partial charge in [-0.15, -0.1) is 0 Å². The van der Waals surface area contributed by atoms with Gasteiger partial charge in [0.1, 0.15) is 0 Å². The Morgan fingerprint density at radius 3 is 2.81 bits per heavy atom. The third-order valence-corrected chi connectivity index (χ3v) is 3.08. The first-order valence-corrected chi connectivity index (χ1v) is 5.69. The zero-order valence-electron chi connectivity index (χ0n) is 8.34. The maximum absolute atomic E-state index is 4.47. The summed E-state index contributed by atoms with van der Waals surface area (Å²) in [7, 11) is 0. The summed E-state index contributed by atoms with van der Waals surface area (Å²) in [4.78, 5) is 4.24. The summed E-state index contributed by atoms with van der Waals surface area (Å²) in [5, 5.41) is 4.47. The Bertz CT molecular complexity index is 612. The van der Waals surface area contributed by atoms with Crippen molar-refractivity contribution in [3.05, 3.63) is 53.3 Å². The van der Waals surface area contributed by atoms with Gasteiger partial charge in [0.05, 0.1) is 5.69 Å². The van der Waals surface area contributed by atoms with E-state index in [0.717, 1.165) is 21.4 Å². The Hall–Kier alpha value is -1.68. The lowest BCUT2D eigenvalue weighted by Gasteiger charge is -1.98. The topological polar surface area (TPSA) is 30.2 Å². The number of hydrogen-bond acceptors (Lipinski definition) is 2. The highest BCUT2D eigenvalue weighted by Crippen LogP contribution is 2.26. The molecule has 78 valence electrons. The molecule has 0 spiro atoms. The minimum atomic E-state index is 0.855. The van der Waals surface area contributed by atoms with Gasteiger partial charge in [-0.1, -0.05) is 34.1 Å². The molecule has 2 aromatic heterocycles. The lowest BCUT2D eigenvalue weighted by Crippen LogP contribution is -1.87. The normalized spacial score (nSPS) is 10.8. The van der Waals surface area contributed by atoms with Crippen LogP contribution < -0.4 is 0 Å². The van der Waals surface area contributed by atoms with Crippen molar-refractivity contribution < 1.29 is 0 Å². The molecule has 3 rings (SSSR count). The van der Waals surface area contributed by atoms with Gasteiger partial charge in [0.25, 0.3) is 0 Å². The fourth-order valence-electron chi connectivity index (χ4n) is 1.63. The molecule has 0 radical (unpaired) electrons. The van der Waals surface area contributed by atoms with Crippen LogP contribution >= 0.6 is 15.9 Å². The van der Waals surface area contributed by atoms with Crippen LogP contribution in [-0.2, 0) is 0 Å². The van der Waals surface area contributed by atoms with Gasteiger partial charge < -0.3 is 0 Å². The molecular weight excluding hydrogens is 266 g/mol. The molecule has 3 aromatic rings. The molecule has 0 fully saturated rings. The van der Waals surface area contributed by atoms with Crippen LogP contribution in [0.5, 0.6) is 0 Å². The monoisotopic (exact) mass is 273 g/mol. The average molecular weight is 274 g/mol. The molecule has 2 heterocycles. The van der Waals surface area contributed by atoms with Crippen LogP contribution in [0, 0.1) is 0 Å². The van der Waals surface area contributed by atoms with E-state index in [4.69, 9.17) is 0 Å². The van der Waals surface area contributed by atoms with Gasteiger partial charge >= 0.3 is 0 Å². The zero-order valence-corrected chi connectivity index (χ0v) is 9.92. The molecule has 0 aliphatic carbocycles. The molecule has 3 nitrogen and oxygen atoms in total. The summed E-state index contributed by atoms with van der Waals surface area (Å²) in [6, 6.07) is 11.9. The second-order valence-corrected chi connectivity index (χ2v) is 4.29. The van der Waals surface area contributed by atoms with Gasteiger partial charge in [-0.2, -0.15) is 5.10 Å². The van der Waals surface area contributed by atoms with Crippen LogP contribution in [-0.4, -0.2) is 14.6 Å². The minimum absolute atomic E-state index is 0.855. The second kappa shape index (κ2) is 3.72. The van der Waals surface area contributed by atoms with Crippen LogP contribution in [0.4, 0.5) is 0 Å². The smallest absolute Gasteiger partial charge is 0.155 e. The fraction of sp³-hybridized carbons (Fsp3) is 0. The molecule has 0 N–H and O–H groups in total. The highest BCUT2D eigenvalue weighted by atomic mass is 79.9. The molecule has 16 heavy (non-hydrogen) atoms. The molecule has 0 aliphatic heterocycles.